The van der Waals surface area contributed by atoms with Crippen LogP contribution in [0.25, 0.3) is 0 Å². The Bertz CT molecular complexity index is 1020. The predicted molar refractivity (Wildman–Crippen MR) is 125 cm³/mol. The maximum absolute atomic E-state index is 13.2. The van der Waals surface area contributed by atoms with Crippen molar-refractivity contribution in [1.82, 2.24) is 14.5 Å². The first-order valence-corrected chi connectivity index (χ1v) is 13.2. The lowest BCUT2D eigenvalue weighted by Gasteiger charge is -2.26. The second-order valence-electron chi connectivity index (χ2n) is 8.66. The van der Waals surface area contributed by atoms with Crippen molar-refractivity contribution in [3.63, 3.8) is 0 Å². The molecule has 3 heterocycles. The molecule has 2 aromatic rings. The van der Waals surface area contributed by atoms with Crippen molar-refractivity contribution < 1.29 is 22.4 Å². The van der Waals surface area contributed by atoms with Crippen molar-refractivity contribution in [1.29, 1.82) is 0 Å². The standard InChI is InChI=1S/C24H33N3O5S/c1-31-22-11-10-19(33(29,30)27-14-4-2-3-5-15-27)17-20(22)24(28)25-18-21(23-9-8-16-32-23)26-12-6-7-13-26/h8-11,16-17,21H,2-7,12-15,18H2,1H3,(H,25,28)/t21-/m0/s1. The SMILES string of the molecule is COc1ccc(S(=O)(=O)N2CCCCCC2)cc1C(=O)NC[C@@H](c1ccco1)N1CCCC1. The molecule has 1 atom stereocenters. The molecule has 1 amide bonds. The summed E-state index contributed by atoms with van der Waals surface area (Å²) in [5, 5.41) is 2.98. The number of hydrogen-bond acceptors (Lipinski definition) is 6. The monoisotopic (exact) mass is 475 g/mol. The van der Waals surface area contributed by atoms with E-state index in [-0.39, 0.29) is 22.4 Å². The van der Waals surface area contributed by atoms with E-state index in [0.717, 1.165) is 57.4 Å². The van der Waals surface area contributed by atoms with E-state index < -0.39 is 10.0 Å². The molecule has 2 aliphatic heterocycles. The van der Waals surface area contributed by atoms with Gasteiger partial charge in [0.05, 0.1) is 29.9 Å². The van der Waals surface area contributed by atoms with Crippen LogP contribution in [-0.2, 0) is 10.0 Å². The molecule has 0 bridgehead atoms. The Morgan fingerprint density at radius 1 is 1.06 bits per heavy atom. The molecule has 1 aromatic heterocycles. The summed E-state index contributed by atoms with van der Waals surface area (Å²) in [5.74, 6) is 0.787. The van der Waals surface area contributed by atoms with Gasteiger partial charge < -0.3 is 14.5 Å². The average molecular weight is 476 g/mol. The molecule has 2 fully saturated rings. The van der Waals surface area contributed by atoms with Gasteiger partial charge in [-0.05, 0) is 69.1 Å². The number of methoxy groups -OCH3 is 1. The van der Waals surface area contributed by atoms with Crippen LogP contribution in [0.15, 0.2) is 45.9 Å². The highest BCUT2D eigenvalue weighted by atomic mass is 32.2. The summed E-state index contributed by atoms with van der Waals surface area (Å²) < 4.78 is 39.0. The van der Waals surface area contributed by atoms with E-state index in [2.05, 4.69) is 10.2 Å². The van der Waals surface area contributed by atoms with Crippen LogP contribution in [0.5, 0.6) is 5.75 Å². The molecule has 0 spiro atoms. The number of likely N-dealkylation sites (tertiary alicyclic amines) is 1. The van der Waals surface area contributed by atoms with E-state index in [1.807, 2.05) is 12.1 Å². The molecule has 2 saturated heterocycles. The molecule has 180 valence electrons. The van der Waals surface area contributed by atoms with Crippen LogP contribution in [0.2, 0.25) is 0 Å². The van der Waals surface area contributed by atoms with Crippen LogP contribution in [0.4, 0.5) is 0 Å². The molecular weight excluding hydrogens is 442 g/mol. The first kappa shape index (κ1) is 23.8. The smallest absolute Gasteiger partial charge is 0.255 e. The summed E-state index contributed by atoms with van der Waals surface area (Å²) in [4.78, 5) is 15.6. The first-order valence-electron chi connectivity index (χ1n) is 11.7. The summed E-state index contributed by atoms with van der Waals surface area (Å²) in [6.07, 6.45) is 7.66. The number of hydrogen-bond donors (Lipinski definition) is 1. The van der Waals surface area contributed by atoms with Gasteiger partial charge in [-0.2, -0.15) is 4.31 Å². The zero-order valence-corrected chi connectivity index (χ0v) is 20.0. The van der Waals surface area contributed by atoms with E-state index in [1.54, 1.807) is 12.3 Å². The van der Waals surface area contributed by atoms with E-state index in [4.69, 9.17) is 9.15 Å². The van der Waals surface area contributed by atoms with Crippen LogP contribution in [0, 0.1) is 0 Å². The highest BCUT2D eigenvalue weighted by Gasteiger charge is 2.29. The van der Waals surface area contributed by atoms with Gasteiger partial charge in [-0.3, -0.25) is 9.69 Å². The molecule has 0 saturated carbocycles. The molecular formula is C24H33N3O5S. The Morgan fingerprint density at radius 3 is 2.39 bits per heavy atom. The highest BCUT2D eigenvalue weighted by molar-refractivity contribution is 7.89. The Labute approximate surface area is 195 Å². The minimum Gasteiger partial charge on any atom is -0.496 e. The minimum atomic E-state index is -3.67. The lowest BCUT2D eigenvalue weighted by Crippen LogP contribution is -2.37. The Morgan fingerprint density at radius 2 is 1.76 bits per heavy atom. The minimum absolute atomic E-state index is 0.0681. The zero-order valence-electron chi connectivity index (χ0n) is 19.2. The quantitative estimate of drug-likeness (QED) is 0.629. The second-order valence-corrected chi connectivity index (χ2v) is 10.6. The number of nitrogens with zero attached hydrogens (tertiary/aromatic N) is 2. The van der Waals surface area contributed by atoms with E-state index in [9.17, 15) is 13.2 Å². The van der Waals surface area contributed by atoms with Crippen molar-refractivity contribution >= 4 is 15.9 Å². The molecule has 33 heavy (non-hydrogen) atoms. The maximum Gasteiger partial charge on any atom is 0.255 e. The van der Waals surface area contributed by atoms with E-state index >= 15 is 0 Å². The molecule has 9 heteroatoms. The van der Waals surface area contributed by atoms with Gasteiger partial charge >= 0.3 is 0 Å². The summed E-state index contributed by atoms with van der Waals surface area (Å²) >= 11 is 0. The number of carbonyl (C=O) groups is 1. The summed E-state index contributed by atoms with van der Waals surface area (Å²) in [7, 11) is -2.19. The zero-order chi connectivity index (χ0) is 23.3. The third-order valence-corrected chi connectivity index (χ3v) is 8.42. The van der Waals surface area contributed by atoms with Gasteiger partial charge in [-0.1, -0.05) is 12.8 Å². The Kier molecular flexibility index (Phi) is 7.72. The molecule has 0 radical (unpaired) electrons. The number of benzene rings is 1. The third-order valence-electron chi connectivity index (χ3n) is 6.53. The number of sulfonamides is 1. The predicted octanol–water partition coefficient (Wildman–Crippen LogP) is 3.42. The molecule has 2 aliphatic rings. The largest absolute Gasteiger partial charge is 0.496 e. The topological polar surface area (TPSA) is 92.1 Å². The maximum atomic E-state index is 13.2. The van der Waals surface area contributed by atoms with Gasteiger partial charge in [0.1, 0.15) is 11.5 Å². The van der Waals surface area contributed by atoms with Crippen LogP contribution in [0.1, 0.15) is 60.7 Å². The van der Waals surface area contributed by atoms with Gasteiger partial charge in [0.2, 0.25) is 10.0 Å². The van der Waals surface area contributed by atoms with Gasteiger partial charge in [0.15, 0.2) is 0 Å². The molecule has 0 aliphatic carbocycles. The number of amides is 1. The fraction of sp³-hybridized carbons (Fsp3) is 0.542. The molecule has 1 N–H and O–H groups in total. The number of furan rings is 1. The molecule has 0 unspecified atom stereocenters. The number of carbonyl (C=O) groups excluding carboxylic acids is 1. The normalized spacial score (nSPS) is 19.2. The van der Waals surface area contributed by atoms with Crippen molar-refractivity contribution in [2.24, 2.45) is 0 Å². The number of ether oxygens (including phenoxy) is 1. The van der Waals surface area contributed by atoms with Crippen molar-refractivity contribution in [3.8, 4) is 5.75 Å². The van der Waals surface area contributed by atoms with Crippen LogP contribution < -0.4 is 10.1 Å². The fourth-order valence-electron chi connectivity index (χ4n) is 4.68. The van der Waals surface area contributed by atoms with Crippen LogP contribution >= 0.6 is 0 Å². The van der Waals surface area contributed by atoms with Crippen LogP contribution in [0.3, 0.4) is 0 Å². The van der Waals surface area contributed by atoms with Crippen molar-refractivity contribution in [2.45, 2.75) is 49.5 Å². The van der Waals surface area contributed by atoms with E-state index in [1.165, 1.54) is 23.5 Å². The Balaban J connectivity index is 1.54. The van der Waals surface area contributed by atoms with Crippen LogP contribution in [-0.4, -0.2) is 63.4 Å². The van der Waals surface area contributed by atoms with Gasteiger partial charge in [0.25, 0.3) is 5.91 Å². The molecule has 8 nitrogen and oxygen atoms in total. The van der Waals surface area contributed by atoms with Crippen molar-refractivity contribution in [2.75, 3.05) is 39.8 Å². The second kappa shape index (κ2) is 10.7. The number of rotatable bonds is 8. The molecule has 1 aromatic carbocycles. The molecule has 4 rings (SSSR count). The van der Waals surface area contributed by atoms with Gasteiger partial charge in [0, 0.05) is 19.6 Å². The average Bonchev–Trinajstić information content (AvgIpc) is 3.49. The summed E-state index contributed by atoms with van der Waals surface area (Å²) in [6, 6.07) is 8.22. The summed E-state index contributed by atoms with van der Waals surface area (Å²) in [5.41, 5.74) is 0.216. The highest BCUT2D eigenvalue weighted by Crippen LogP contribution is 2.28. The van der Waals surface area contributed by atoms with Crippen molar-refractivity contribution in [3.05, 3.63) is 47.9 Å². The lowest BCUT2D eigenvalue weighted by atomic mass is 10.1. The third kappa shape index (κ3) is 5.42. The summed E-state index contributed by atoms with van der Waals surface area (Å²) in [6.45, 7) is 3.29. The Hall–Kier alpha value is -2.36. The van der Waals surface area contributed by atoms with E-state index in [0.29, 0.717) is 25.4 Å². The number of nitrogens with one attached hydrogen (secondary N) is 1. The van der Waals surface area contributed by atoms with Gasteiger partial charge in [-0.25, -0.2) is 8.42 Å². The lowest BCUT2D eigenvalue weighted by molar-refractivity contribution is 0.0930. The first-order chi connectivity index (χ1) is 16.0. The fourth-order valence-corrected chi connectivity index (χ4v) is 6.23. The van der Waals surface area contributed by atoms with Gasteiger partial charge in [-0.15, -0.1) is 0 Å².